The van der Waals surface area contributed by atoms with Gasteiger partial charge in [0.1, 0.15) is 5.78 Å². The van der Waals surface area contributed by atoms with Crippen LogP contribution < -0.4 is 5.73 Å². The highest BCUT2D eigenvalue weighted by Gasteiger charge is 2.34. The second-order valence-electron chi connectivity index (χ2n) is 4.73. The molecule has 86 valence electrons. The first kappa shape index (κ1) is 12.0. The van der Waals surface area contributed by atoms with Gasteiger partial charge in [-0.25, -0.2) is 0 Å². The van der Waals surface area contributed by atoms with Gasteiger partial charge in [0, 0.05) is 22.0 Å². The molecule has 1 aliphatic carbocycles. The lowest BCUT2D eigenvalue weighted by molar-refractivity contribution is -0.120. The Bertz CT molecular complexity index is 381. The zero-order chi connectivity index (χ0) is 11.6. The van der Waals surface area contributed by atoms with Crippen molar-refractivity contribution in [2.75, 3.05) is 0 Å². The van der Waals surface area contributed by atoms with Crippen molar-refractivity contribution < 1.29 is 4.79 Å². The molecule has 0 radical (unpaired) electrons. The maximum Gasteiger partial charge on any atom is 0.139 e. The number of Topliss-reactive ketones (excluding diaryl/α,β-unsaturated/α-hetero) is 1. The van der Waals surface area contributed by atoms with Gasteiger partial charge in [0.15, 0.2) is 0 Å². The molecule has 1 aromatic carbocycles. The molecule has 0 aliphatic heterocycles. The lowest BCUT2D eigenvalue weighted by atomic mass is 9.74. The van der Waals surface area contributed by atoms with E-state index in [1.54, 1.807) is 0 Å². The lowest BCUT2D eigenvalue weighted by Gasteiger charge is -2.37. The van der Waals surface area contributed by atoms with E-state index in [1.165, 1.54) is 9.99 Å². The second-order valence-corrected chi connectivity index (χ2v) is 5.98. The minimum absolute atomic E-state index is 0.180. The van der Waals surface area contributed by atoms with Crippen LogP contribution in [0.5, 0.6) is 0 Å². The molecule has 0 amide bonds. The van der Waals surface area contributed by atoms with Crippen LogP contribution in [-0.2, 0) is 11.2 Å². The van der Waals surface area contributed by atoms with E-state index in [1.807, 2.05) is 24.3 Å². The Kier molecular flexibility index (Phi) is 3.64. The Hall–Kier alpha value is -0.420. The molecule has 1 aromatic rings. The molecule has 1 fully saturated rings. The quantitative estimate of drug-likeness (QED) is 0.863. The van der Waals surface area contributed by atoms with Crippen LogP contribution in [0.4, 0.5) is 0 Å². The number of carbonyl (C=O) groups is 1. The Morgan fingerprint density at radius 1 is 1.31 bits per heavy atom. The highest BCUT2D eigenvalue weighted by Crippen LogP contribution is 2.32. The predicted molar refractivity (Wildman–Crippen MR) is 73.3 cm³/mol. The number of benzene rings is 1. The van der Waals surface area contributed by atoms with Crippen molar-refractivity contribution in [1.29, 1.82) is 0 Å². The normalized spacial score (nSPS) is 17.9. The Labute approximate surface area is 110 Å². The first-order valence-electron chi connectivity index (χ1n) is 5.62. The van der Waals surface area contributed by atoms with Gasteiger partial charge in [-0.15, -0.1) is 0 Å². The molecular weight excluding hydrogens is 313 g/mol. The topological polar surface area (TPSA) is 43.1 Å². The monoisotopic (exact) mass is 329 g/mol. The number of halogens is 1. The molecule has 1 saturated carbocycles. The van der Waals surface area contributed by atoms with E-state index in [0.717, 1.165) is 18.4 Å². The number of nitrogens with two attached hydrogens (primary N) is 1. The highest BCUT2D eigenvalue weighted by atomic mass is 127. The third-order valence-corrected chi connectivity index (χ3v) is 3.93. The van der Waals surface area contributed by atoms with Gasteiger partial charge in [0.25, 0.3) is 0 Å². The molecule has 3 heteroatoms. The summed E-state index contributed by atoms with van der Waals surface area (Å²) in [4.78, 5) is 11.8. The zero-order valence-corrected chi connectivity index (χ0v) is 11.4. The number of carbonyl (C=O) groups excluding carboxylic acids is 1. The molecule has 1 aliphatic rings. The van der Waals surface area contributed by atoms with Crippen LogP contribution in [0, 0.1) is 3.57 Å². The van der Waals surface area contributed by atoms with Gasteiger partial charge in [0.2, 0.25) is 0 Å². The lowest BCUT2D eigenvalue weighted by Crippen LogP contribution is -2.48. The summed E-state index contributed by atoms with van der Waals surface area (Å²) in [6, 6.07) is 8.10. The summed E-state index contributed by atoms with van der Waals surface area (Å²) < 4.78 is 1.20. The number of rotatable bonds is 4. The van der Waals surface area contributed by atoms with Crippen molar-refractivity contribution >= 4 is 28.4 Å². The van der Waals surface area contributed by atoms with Crippen molar-refractivity contribution in [2.24, 2.45) is 5.73 Å². The van der Waals surface area contributed by atoms with Crippen LogP contribution in [0.25, 0.3) is 0 Å². The molecule has 0 unspecified atom stereocenters. The molecule has 2 nitrogen and oxygen atoms in total. The molecule has 0 spiro atoms. The smallest absolute Gasteiger partial charge is 0.139 e. The van der Waals surface area contributed by atoms with E-state index < -0.39 is 0 Å². The first-order valence-corrected chi connectivity index (χ1v) is 6.70. The van der Waals surface area contributed by atoms with Crippen molar-refractivity contribution in [3.8, 4) is 0 Å². The van der Waals surface area contributed by atoms with E-state index in [9.17, 15) is 4.79 Å². The maximum absolute atomic E-state index is 11.8. The second kappa shape index (κ2) is 4.84. The molecule has 2 rings (SSSR count). The molecule has 0 saturated heterocycles. The van der Waals surface area contributed by atoms with E-state index in [0.29, 0.717) is 12.8 Å². The molecule has 0 aromatic heterocycles. The van der Waals surface area contributed by atoms with Crippen molar-refractivity contribution in [3.05, 3.63) is 33.4 Å². The minimum Gasteiger partial charge on any atom is -0.325 e. The molecule has 2 N–H and O–H groups in total. The van der Waals surface area contributed by atoms with E-state index in [4.69, 9.17) is 5.73 Å². The highest BCUT2D eigenvalue weighted by molar-refractivity contribution is 14.1. The standard InChI is InChI=1S/C13H16INO/c14-11-4-2-10(3-5-11)8-12(16)9-13(15)6-1-7-13/h2-5H,1,6-9,15H2. The zero-order valence-electron chi connectivity index (χ0n) is 9.21. The van der Waals surface area contributed by atoms with Gasteiger partial charge >= 0.3 is 0 Å². The Balaban J connectivity index is 1.89. The summed E-state index contributed by atoms with van der Waals surface area (Å²) in [7, 11) is 0. The fourth-order valence-corrected chi connectivity index (χ4v) is 2.45. The summed E-state index contributed by atoms with van der Waals surface area (Å²) in [5.74, 6) is 0.267. The van der Waals surface area contributed by atoms with Gasteiger partial charge in [-0.1, -0.05) is 12.1 Å². The van der Waals surface area contributed by atoms with Gasteiger partial charge < -0.3 is 5.73 Å². The van der Waals surface area contributed by atoms with Crippen LogP contribution in [0.2, 0.25) is 0 Å². The molecule has 16 heavy (non-hydrogen) atoms. The first-order chi connectivity index (χ1) is 7.57. The molecule has 0 heterocycles. The van der Waals surface area contributed by atoms with Gasteiger partial charge in [-0.2, -0.15) is 0 Å². The SMILES string of the molecule is NC1(CC(=O)Cc2ccc(I)cc2)CCC1. The van der Waals surface area contributed by atoms with Crippen molar-refractivity contribution in [1.82, 2.24) is 0 Å². The van der Waals surface area contributed by atoms with Gasteiger partial charge in [0.05, 0.1) is 0 Å². The maximum atomic E-state index is 11.8. The summed E-state index contributed by atoms with van der Waals surface area (Å²) in [5, 5.41) is 0. The van der Waals surface area contributed by atoms with Crippen LogP contribution in [0.3, 0.4) is 0 Å². The van der Waals surface area contributed by atoms with E-state index in [-0.39, 0.29) is 11.3 Å². The summed E-state index contributed by atoms with van der Waals surface area (Å²) >= 11 is 2.26. The number of hydrogen-bond acceptors (Lipinski definition) is 2. The van der Waals surface area contributed by atoms with Crippen molar-refractivity contribution in [2.45, 2.75) is 37.6 Å². The third kappa shape index (κ3) is 3.04. The molecular formula is C13H16INO. The fourth-order valence-electron chi connectivity index (χ4n) is 2.09. The summed E-state index contributed by atoms with van der Waals surface area (Å²) in [6.45, 7) is 0. The third-order valence-electron chi connectivity index (χ3n) is 3.21. The Morgan fingerprint density at radius 3 is 2.44 bits per heavy atom. The minimum atomic E-state index is -0.180. The summed E-state index contributed by atoms with van der Waals surface area (Å²) in [5.41, 5.74) is 6.97. The average Bonchev–Trinajstić information content (AvgIpc) is 2.19. The van der Waals surface area contributed by atoms with Crippen LogP contribution >= 0.6 is 22.6 Å². The molecule has 0 bridgehead atoms. The number of ketones is 1. The van der Waals surface area contributed by atoms with Crippen LogP contribution in [-0.4, -0.2) is 11.3 Å². The average molecular weight is 329 g/mol. The van der Waals surface area contributed by atoms with E-state index in [2.05, 4.69) is 22.6 Å². The van der Waals surface area contributed by atoms with E-state index >= 15 is 0 Å². The van der Waals surface area contributed by atoms with Crippen LogP contribution in [0.1, 0.15) is 31.2 Å². The predicted octanol–water partition coefficient (Wildman–Crippen LogP) is 2.67. The number of hydrogen-bond donors (Lipinski definition) is 1. The summed E-state index contributed by atoms with van der Waals surface area (Å²) in [6.07, 6.45) is 4.25. The van der Waals surface area contributed by atoms with Crippen LogP contribution in [0.15, 0.2) is 24.3 Å². The van der Waals surface area contributed by atoms with Gasteiger partial charge in [-0.05, 0) is 59.5 Å². The largest absolute Gasteiger partial charge is 0.325 e. The Morgan fingerprint density at radius 2 is 1.94 bits per heavy atom. The van der Waals surface area contributed by atoms with Gasteiger partial charge in [-0.3, -0.25) is 4.79 Å². The van der Waals surface area contributed by atoms with Crippen molar-refractivity contribution in [3.63, 3.8) is 0 Å². The molecule has 0 atom stereocenters. The fraction of sp³-hybridized carbons (Fsp3) is 0.462.